The number of piperazine rings is 1. The second kappa shape index (κ2) is 9.71. The molecule has 1 aliphatic heterocycles. The lowest BCUT2D eigenvalue weighted by molar-refractivity contribution is -0.384. The standard InChI is InChI=1S/C24H24F3N5O5/c1-23(2,3)36-22(33)31-12-10-30(11-13-31)18-9-8-15(14-19(18)32(34)35)21-28-20(29-37-21)16-6-4-5-7-17(16)24(25,26)27/h4-9,14H,10-13H2,1-3H3. The molecule has 0 unspecified atom stereocenters. The smallest absolute Gasteiger partial charge is 0.417 e. The van der Waals surface area contributed by atoms with Crippen molar-refractivity contribution in [1.82, 2.24) is 15.0 Å². The maximum atomic E-state index is 13.4. The summed E-state index contributed by atoms with van der Waals surface area (Å²) in [6.45, 7) is 6.64. The number of rotatable bonds is 4. The Bertz CT molecular complexity index is 1310. The molecule has 0 saturated carbocycles. The first-order valence-corrected chi connectivity index (χ1v) is 11.4. The fraction of sp³-hybridized carbons (Fsp3) is 0.375. The number of benzene rings is 2. The average Bonchev–Trinajstić information content (AvgIpc) is 3.32. The van der Waals surface area contributed by atoms with Crippen LogP contribution in [-0.4, -0.2) is 57.8 Å². The second-order valence-electron chi connectivity index (χ2n) is 9.38. The summed E-state index contributed by atoms with van der Waals surface area (Å²) in [5.74, 6) is -0.440. The van der Waals surface area contributed by atoms with Gasteiger partial charge in [0.2, 0.25) is 5.82 Å². The maximum Gasteiger partial charge on any atom is 0.417 e. The topological polar surface area (TPSA) is 115 Å². The quantitative estimate of drug-likeness (QED) is 0.333. The van der Waals surface area contributed by atoms with Crippen LogP contribution >= 0.6 is 0 Å². The highest BCUT2D eigenvalue weighted by Crippen LogP contribution is 2.37. The molecule has 37 heavy (non-hydrogen) atoms. The van der Waals surface area contributed by atoms with Crippen LogP contribution in [-0.2, 0) is 10.9 Å². The summed E-state index contributed by atoms with van der Waals surface area (Å²) in [5.41, 5.74) is -1.54. The fourth-order valence-corrected chi connectivity index (χ4v) is 3.90. The summed E-state index contributed by atoms with van der Waals surface area (Å²) in [6.07, 6.45) is -5.07. The molecule has 1 aliphatic rings. The molecule has 10 nitrogen and oxygen atoms in total. The minimum atomic E-state index is -4.62. The van der Waals surface area contributed by atoms with Crippen LogP contribution in [0.3, 0.4) is 0 Å². The van der Waals surface area contributed by atoms with Crippen LogP contribution in [0.5, 0.6) is 0 Å². The second-order valence-corrected chi connectivity index (χ2v) is 9.38. The lowest BCUT2D eigenvalue weighted by Crippen LogP contribution is -2.50. The highest BCUT2D eigenvalue weighted by Gasteiger charge is 2.35. The number of ether oxygens (including phenoxy) is 1. The van der Waals surface area contributed by atoms with E-state index in [9.17, 15) is 28.1 Å². The number of hydrogen-bond donors (Lipinski definition) is 0. The largest absolute Gasteiger partial charge is 0.444 e. The van der Waals surface area contributed by atoms with Crippen molar-refractivity contribution in [2.45, 2.75) is 32.5 Å². The van der Waals surface area contributed by atoms with Gasteiger partial charge in [0.1, 0.15) is 11.3 Å². The number of alkyl halides is 3. The number of anilines is 1. The van der Waals surface area contributed by atoms with E-state index < -0.39 is 28.4 Å². The Morgan fingerprint density at radius 2 is 1.76 bits per heavy atom. The van der Waals surface area contributed by atoms with E-state index in [1.165, 1.54) is 36.4 Å². The number of carbonyl (C=O) groups excluding carboxylic acids is 1. The van der Waals surface area contributed by atoms with Gasteiger partial charge < -0.3 is 19.1 Å². The van der Waals surface area contributed by atoms with Crippen LogP contribution in [0.25, 0.3) is 22.8 Å². The first-order chi connectivity index (χ1) is 17.3. The summed E-state index contributed by atoms with van der Waals surface area (Å²) in [4.78, 5) is 31.0. The molecular formula is C24H24F3N5O5. The summed E-state index contributed by atoms with van der Waals surface area (Å²) in [7, 11) is 0. The third-order valence-corrected chi connectivity index (χ3v) is 5.59. The number of aromatic nitrogens is 2. The minimum absolute atomic E-state index is 0.156. The Morgan fingerprint density at radius 3 is 2.38 bits per heavy atom. The summed E-state index contributed by atoms with van der Waals surface area (Å²) >= 11 is 0. The number of nitro groups is 1. The molecule has 0 atom stereocenters. The van der Waals surface area contributed by atoms with Crippen molar-refractivity contribution in [3.8, 4) is 22.8 Å². The van der Waals surface area contributed by atoms with Crippen LogP contribution in [0.4, 0.5) is 29.3 Å². The van der Waals surface area contributed by atoms with E-state index in [1.54, 1.807) is 30.6 Å². The Balaban J connectivity index is 1.56. The SMILES string of the molecule is CC(C)(C)OC(=O)N1CCN(c2ccc(-c3nc(-c4ccccc4C(F)(F)F)no3)cc2[N+](=O)[O-])CC1. The van der Waals surface area contributed by atoms with Gasteiger partial charge in [-0.25, -0.2) is 4.79 Å². The van der Waals surface area contributed by atoms with Crippen LogP contribution in [0, 0.1) is 10.1 Å². The zero-order chi connectivity index (χ0) is 27.0. The van der Waals surface area contributed by atoms with Crippen molar-refractivity contribution >= 4 is 17.5 Å². The number of nitro benzene ring substituents is 1. The molecule has 13 heteroatoms. The lowest BCUT2D eigenvalue weighted by Gasteiger charge is -2.36. The van der Waals surface area contributed by atoms with Gasteiger partial charge in [-0.05, 0) is 39.0 Å². The van der Waals surface area contributed by atoms with E-state index >= 15 is 0 Å². The van der Waals surface area contributed by atoms with Gasteiger partial charge in [-0.3, -0.25) is 10.1 Å². The van der Waals surface area contributed by atoms with Crippen LogP contribution in [0.15, 0.2) is 47.0 Å². The van der Waals surface area contributed by atoms with Gasteiger partial charge >= 0.3 is 12.3 Å². The van der Waals surface area contributed by atoms with Gasteiger partial charge in [0.15, 0.2) is 0 Å². The van der Waals surface area contributed by atoms with E-state index in [0.717, 1.165) is 6.07 Å². The number of halogens is 3. The molecule has 0 N–H and O–H groups in total. The number of amides is 1. The summed E-state index contributed by atoms with van der Waals surface area (Å²) in [5, 5.41) is 15.5. The van der Waals surface area contributed by atoms with Crippen molar-refractivity contribution in [3.63, 3.8) is 0 Å². The molecular weight excluding hydrogens is 495 g/mol. The zero-order valence-electron chi connectivity index (χ0n) is 20.3. The van der Waals surface area contributed by atoms with Gasteiger partial charge in [-0.1, -0.05) is 23.4 Å². The third-order valence-electron chi connectivity index (χ3n) is 5.59. The van der Waals surface area contributed by atoms with E-state index in [-0.39, 0.29) is 28.5 Å². The number of hydrogen-bond acceptors (Lipinski definition) is 8. The highest BCUT2D eigenvalue weighted by molar-refractivity contribution is 5.73. The molecule has 196 valence electrons. The van der Waals surface area contributed by atoms with Crippen LogP contribution in [0.1, 0.15) is 26.3 Å². The Hall–Kier alpha value is -4.16. The molecule has 1 aromatic heterocycles. The summed E-state index contributed by atoms with van der Waals surface area (Å²) < 4.78 is 50.6. The maximum absolute atomic E-state index is 13.4. The third kappa shape index (κ3) is 5.81. The van der Waals surface area contributed by atoms with Crippen molar-refractivity contribution < 1.29 is 32.1 Å². The summed E-state index contributed by atoms with van der Waals surface area (Å²) in [6, 6.07) is 9.08. The van der Waals surface area contributed by atoms with Gasteiger partial charge in [0.05, 0.1) is 10.5 Å². The highest BCUT2D eigenvalue weighted by atomic mass is 19.4. The number of carbonyl (C=O) groups is 1. The molecule has 1 amide bonds. The van der Waals surface area contributed by atoms with Crippen molar-refractivity contribution in [1.29, 1.82) is 0 Å². The van der Waals surface area contributed by atoms with Gasteiger partial charge in [-0.15, -0.1) is 0 Å². The van der Waals surface area contributed by atoms with E-state index in [2.05, 4.69) is 10.1 Å². The first kappa shape index (κ1) is 25.9. The van der Waals surface area contributed by atoms with Gasteiger partial charge in [-0.2, -0.15) is 18.2 Å². The predicted octanol–water partition coefficient (Wildman–Crippen LogP) is 5.39. The van der Waals surface area contributed by atoms with E-state index in [4.69, 9.17) is 9.26 Å². The molecule has 4 rings (SSSR count). The van der Waals surface area contributed by atoms with Crippen molar-refractivity contribution in [3.05, 3.63) is 58.1 Å². The molecule has 0 radical (unpaired) electrons. The molecule has 0 bridgehead atoms. The molecule has 0 spiro atoms. The van der Waals surface area contributed by atoms with Crippen molar-refractivity contribution in [2.75, 3.05) is 31.1 Å². The predicted molar refractivity (Wildman–Crippen MR) is 127 cm³/mol. The average molecular weight is 519 g/mol. The zero-order valence-corrected chi connectivity index (χ0v) is 20.3. The Kier molecular flexibility index (Phi) is 6.80. The Labute approximate surface area is 209 Å². The van der Waals surface area contributed by atoms with E-state index in [1.807, 2.05) is 0 Å². The fourth-order valence-electron chi connectivity index (χ4n) is 3.90. The normalized spacial score (nSPS) is 14.5. The van der Waals surface area contributed by atoms with Crippen LogP contribution in [0.2, 0.25) is 0 Å². The molecule has 1 saturated heterocycles. The first-order valence-electron chi connectivity index (χ1n) is 11.4. The molecule has 0 aliphatic carbocycles. The van der Waals surface area contributed by atoms with Crippen LogP contribution < -0.4 is 4.90 Å². The van der Waals surface area contributed by atoms with Gasteiger partial charge in [0, 0.05) is 43.4 Å². The van der Waals surface area contributed by atoms with E-state index in [0.29, 0.717) is 31.9 Å². The lowest BCUT2D eigenvalue weighted by atomic mass is 10.1. The van der Waals surface area contributed by atoms with Crippen molar-refractivity contribution in [2.24, 2.45) is 0 Å². The monoisotopic (exact) mass is 519 g/mol. The molecule has 2 heterocycles. The molecule has 1 fully saturated rings. The molecule has 2 aromatic carbocycles. The minimum Gasteiger partial charge on any atom is -0.444 e. The Morgan fingerprint density at radius 1 is 1.08 bits per heavy atom. The molecule has 3 aromatic rings. The van der Waals surface area contributed by atoms with Gasteiger partial charge in [0.25, 0.3) is 11.6 Å². The number of nitrogens with zero attached hydrogens (tertiary/aromatic N) is 5.